The predicted molar refractivity (Wildman–Crippen MR) is 311 cm³/mol. The summed E-state index contributed by atoms with van der Waals surface area (Å²) in [6.45, 7) is 0. The maximum Gasteiger partial charge on any atom is 0.0739 e. The van der Waals surface area contributed by atoms with Gasteiger partial charge in [0.15, 0.2) is 0 Å². The van der Waals surface area contributed by atoms with E-state index in [-0.39, 0.29) is 0 Å². The quantitative estimate of drug-likeness (QED) is 0.174. The van der Waals surface area contributed by atoms with Crippen molar-refractivity contribution in [3.8, 4) is 22.3 Å². The molecule has 4 aliphatic rings. The summed E-state index contributed by atoms with van der Waals surface area (Å²) >= 11 is 3.83. The van der Waals surface area contributed by atoms with E-state index < -0.39 is 10.8 Å². The molecule has 13 aromatic rings. The van der Waals surface area contributed by atoms with Gasteiger partial charge in [0.2, 0.25) is 0 Å². The normalized spacial score (nSPS) is 15.9. The van der Waals surface area contributed by atoms with Gasteiger partial charge in [-0.05, 0) is 148 Å². The van der Waals surface area contributed by atoms with E-state index in [0.29, 0.717) is 0 Å². The highest BCUT2D eigenvalue weighted by molar-refractivity contribution is 7.99. The number of fused-ring (bicyclic) bond motifs is 25. The van der Waals surface area contributed by atoms with Gasteiger partial charge in [0.05, 0.1) is 22.2 Å². The first-order chi connectivity index (χ1) is 36.7. The van der Waals surface area contributed by atoms with Crippen molar-refractivity contribution in [3.05, 3.63) is 304 Å². The lowest BCUT2D eigenvalue weighted by atomic mass is 9.61. The van der Waals surface area contributed by atoms with E-state index in [2.05, 4.69) is 254 Å². The Kier molecular flexibility index (Phi) is 8.35. The monoisotopic (exact) mass is 973 g/mol. The average molecular weight is 974 g/mol. The lowest BCUT2D eigenvalue weighted by molar-refractivity contribution is 0.721. The van der Waals surface area contributed by atoms with Gasteiger partial charge in [-0.2, -0.15) is 0 Å². The molecule has 1 aromatic heterocycles. The van der Waals surface area contributed by atoms with Crippen LogP contribution < -0.4 is 4.90 Å². The molecule has 0 N–H and O–H groups in total. The zero-order valence-corrected chi connectivity index (χ0v) is 41.8. The van der Waals surface area contributed by atoms with Gasteiger partial charge in [-0.1, -0.05) is 218 Å². The second-order valence-electron chi connectivity index (χ2n) is 20.5. The number of nitrogens with zero attached hydrogens (tertiary/aromatic N) is 1. The summed E-state index contributed by atoms with van der Waals surface area (Å²) < 4.78 is 2.58. The van der Waals surface area contributed by atoms with Gasteiger partial charge in [-0.25, -0.2) is 0 Å². The Morgan fingerprint density at radius 3 is 1.74 bits per heavy atom. The van der Waals surface area contributed by atoms with Gasteiger partial charge in [0, 0.05) is 35.7 Å². The van der Waals surface area contributed by atoms with Crippen molar-refractivity contribution in [1.82, 2.24) is 0 Å². The van der Waals surface area contributed by atoms with Crippen molar-refractivity contribution in [1.29, 1.82) is 0 Å². The number of anilines is 3. The highest BCUT2D eigenvalue weighted by Crippen LogP contribution is 2.66. The van der Waals surface area contributed by atoms with E-state index in [1.807, 2.05) is 23.1 Å². The summed E-state index contributed by atoms with van der Waals surface area (Å²) in [5.74, 6) is 0. The molecule has 0 bridgehead atoms. The van der Waals surface area contributed by atoms with Crippen LogP contribution in [0.1, 0.15) is 55.6 Å². The minimum atomic E-state index is -0.617. The maximum absolute atomic E-state index is 2.68. The molecule has 1 unspecified atom stereocenters. The lowest BCUT2D eigenvalue weighted by Crippen LogP contribution is -2.36. The number of hydrogen-bond acceptors (Lipinski definition) is 3. The predicted octanol–water partition coefficient (Wildman–Crippen LogP) is 18.9. The third-order valence-electron chi connectivity index (χ3n) is 17.2. The zero-order valence-electron chi connectivity index (χ0n) is 40.1. The molecule has 1 atom stereocenters. The van der Waals surface area contributed by atoms with Gasteiger partial charge >= 0.3 is 0 Å². The molecular weight excluding hydrogens is 931 g/mol. The SMILES string of the molecule is c1ccc2c(c1)Cc1cccc(N(c3ccc4c(c3)C3(c5ccccc5-c5ccccc53)c3ccc5ccccc5c3S4)c3cccc4sc5ccccc5c34)c1C21c2ccccc2-c2c1ccc1ccccc21. The third-order valence-corrected chi connectivity index (χ3v) is 19.5. The van der Waals surface area contributed by atoms with Crippen LogP contribution in [0.5, 0.6) is 0 Å². The van der Waals surface area contributed by atoms with Crippen LogP contribution in [0.25, 0.3) is 64.0 Å². The minimum absolute atomic E-state index is 0.573. The molecule has 1 nitrogen and oxygen atoms in total. The van der Waals surface area contributed by atoms with E-state index in [0.717, 1.165) is 12.1 Å². The molecule has 0 saturated carbocycles. The van der Waals surface area contributed by atoms with Crippen LogP contribution in [0.15, 0.2) is 259 Å². The maximum atomic E-state index is 2.68. The Morgan fingerprint density at radius 2 is 0.946 bits per heavy atom. The van der Waals surface area contributed by atoms with E-state index >= 15 is 0 Å². The number of rotatable bonds is 3. The highest BCUT2D eigenvalue weighted by Gasteiger charge is 2.53. The molecule has 2 heterocycles. The van der Waals surface area contributed by atoms with Crippen molar-refractivity contribution in [2.45, 2.75) is 27.0 Å². The fourth-order valence-electron chi connectivity index (χ4n) is 14.4. The van der Waals surface area contributed by atoms with E-state index in [4.69, 9.17) is 0 Å². The van der Waals surface area contributed by atoms with Crippen LogP contribution in [-0.2, 0) is 17.3 Å². The largest absolute Gasteiger partial charge is 0.309 e. The summed E-state index contributed by atoms with van der Waals surface area (Å²) in [5.41, 5.74) is 21.1. The molecule has 344 valence electrons. The van der Waals surface area contributed by atoms with Gasteiger partial charge in [0.1, 0.15) is 0 Å². The Hall–Kier alpha value is -8.47. The first kappa shape index (κ1) is 41.1. The molecule has 3 aliphatic carbocycles. The summed E-state index contributed by atoms with van der Waals surface area (Å²) in [6.07, 6.45) is 0.841. The van der Waals surface area contributed by atoms with E-state index in [1.165, 1.54) is 141 Å². The van der Waals surface area contributed by atoms with Gasteiger partial charge in [0.25, 0.3) is 0 Å². The molecule has 1 aliphatic heterocycles. The van der Waals surface area contributed by atoms with Crippen molar-refractivity contribution >= 4 is 81.9 Å². The molecule has 3 heteroatoms. The van der Waals surface area contributed by atoms with Crippen molar-refractivity contribution in [2.24, 2.45) is 0 Å². The average Bonchev–Trinajstić information content (AvgIpc) is 4.28. The van der Waals surface area contributed by atoms with E-state index in [9.17, 15) is 0 Å². The lowest BCUT2D eigenvalue weighted by Gasteiger charge is -2.44. The molecule has 2 spiro atoms. The molecule has 74 heavy (non-hydrogen) atoms. The summed E-state index contributed by atoms with van der Waals surface area (Å²) in [4.78, 5) is 5.30. The van der Waals surface area contributed by atoms with Crippen LogP contribution in [-0.4, -0.2) is 0 Å². The van der Waals surface area contributed by atoms with Crippen LogP contribution in [0.2, 0.25) is 0 Å². The highest BCUT2D eigenvalue weighted by atomic mass is 32.2. The molecule has 17 rings (SSSR count). The second-order valence-corrected chi connectivity index (χ2v) is 22.7. The Bertz CT molecular complexity index is 4550. The van der Waals surface area contributed by atoms with Crippen LogP contribution in [0.3, 0.4) is 0 Å². The number of thiophene rings is 1. The third kappa shape index (κ3) is 5.15. The summed E-state index contributed by atoms with van der Waals surface area (Å²) in [5, 5.41) is 7.69. The van der Waals surface area contributed by atoms with Crippen LogP contribution >= 0.6 is 23.1 Å². The van der Waals surface area contributed by atoms with Crippen LogP contribution in [0, 0.1) is 0 Å². The van der Waals surface area contributed by atoms with E-state index in [1.54, 1.807) is 0 Å². The molecule has 0 amide bonds. The fraction of sp³-hybridized carbons (Fsp3) is 0.0423. The second kappa shape index (κ2) is 15.1. The number of hydrogen-bond donors (Lipinski definition) is 0. The van der Waals surface area contributed by atoms with Crippen molar-refractivity contribution < 1.29 is 0 Å². The standard InChI is InChI=1S/C71H43NS2/c1-4-21-48-43(17-1)35-38-58-66(48)52-25-8-13-30-57(52)71(58)54-27-10-3-19-45(54)41-46-20-15-32-62(68(46)71)72(61-31-16-34-65-67(61)53-26-9-14-33-63(53)73-65)47-37-40-64-60(42-47)70(59-39-36-44-18-2-5-22-49(44)69(59)74-64)55-28-11-6-23-50(55)51-24-7-12-29-56(51)70/h1-40,42H,41H2. The van der Waals surface area contributed by atoms with Gasteiger partial charge in [-0.3, -0.25) is 0 Å². The summed E-state index contributed by atoms with van der Waals surface area (Å²) in [6, 6.07) is 95.3. The Labute approximate surface area is 437 Å². The topological polar surface area (TPSA) is 3.24 Å². The first-order valence-corrected chi connectivity index (χ1v) is 27.4. The fourth-order valence-corrected chi connectivity index (χ4v) is 16.9. The molecule has 0 saturated heterocycles. The summed E-state index contributed by atoms with van der Waals surface area (Å²) in [7, 11) is 0. The molecule has 12 aromatic carbocycles. The minimum Gasteiger partial charge on any atom is -0.309 e. The number of benzene rings is 12. The van der Waals surface area contributed by atoms with Gasteiger partial charge in [-0.15, -0.1) is 11.3 Å². The first-order valence-electron chi connectivity index (χ1n) is 25.8. The molecule has 0 fully saturated rings. The smallest absolute Gasteiger partial charge is 0.0739 e. The Balaban J connectivity index is 1.02. The Morgan fingerprint density at radius 1 is 0.365 bits per heavy atom. The van der Waals surface area contributed by atoms with Gasteiger partial charge < -0.3 is 4.90 Å². The molecular formula is C71H43NS2. The zero-order chi connectivity index (χ0) is 48.3. The molecule has 0 radical (unpaired) electrons. The van der Waals surface area contributed by atoms with Crippen molar-refractivity contribution in [3.63, 3.8) is 0 Å². The van der Waals surface area contributed by atoms with Crippen LogP contribution in [0.4, 0.5) is 17.1 Å². The van der Waals surface area contributed by atoms with Crippen molar-refractivity contribution in [2.75, 3.05) is 4.90 Å².